The fourth-order valence-electron chi connectivity index (χ4n) is 1.70. The summed E-state index contributed by atoms with van der Waals surface area (Å²) in [6, 6.07) is 0. The summed E-state index contributed by atoms with van der Waals surface area (Å²) in [7, 11) is 0. The van der Waals surface area contributed by atoms with Crippen molar-refractivity contribution in [2.75, 3.05) is 99.1 Å². The number of hydrogen-bond donors (Lipinski definition) is 1. The summed E-state index contributed by atoms with van der Waals surface area (Å²) in [6.45, 7) is 12.0. The van der Waals surface area contributed by atoms with E-state index in [0.717, 1.165) is 6.61 Å². The quantitative estimate of drug-likeness (QED) is 0.275. The molecule has 26 heavy (non-hydrogen) atoms. The number of aliphatic hydroxyl groups excluding tert-OH is 1. The largest absolute Gasteiger partial charge is 0.394 e. The fourth-order valence-corrected chi connectivity index (χ4v) is 1.70. The predicted octanol–water partition coefficient (Wildman–Crippen LogP) is 0.751. The van der Waals surface area contributed by atoms with E-state index < -0.39 is 0 Å². The molecule has 0 fully saturated rings. The second-order valence-electron chi connectivity index (χ2n) is 5.87. The van der Waals surface area contributed by atoms with Crippen LogP contribution < -0.4 is 0 Å². The fraction of sp³-hybridized carbons (Fsp3) is 1.00. The highest BCUT2D eigenvalue weighted by Gasteiger charge is 1.95. The second-order valence-corrected chi connectivity index (χ2v) is 5.87. The summed E-state index contributed by atoms with van der Waals surface area (Å²) in [6.07, 6.45) is 0. The van der Waals surface area contributed by atoms with Crippen molar-refractivity contribution in [2.45, 2.75) is 13.8 Å². The van der Waals surface area contributed by atoms with E-state index in [0.29, 0.717) is 91.8 Å². The number of hydrogen-bond acceptors (Lipinski definition) is 8. The molecule has 8 nitrogen and oxygen atoms in total. The third kappa shape index (κ3) is 23.7. The van der Waals surface area contributed by atoms with Crippen molar-refractivity contribution < 1.29 is 38.3 Å². The number of ether oxygens (including phenoxy) is 7. The summed E-state index contributed by atoms with van der Waals surface area (Å²) < 4.78 is 37.3. The van der Waals surface area contributed by atoms with Gasteiger partial charge in [0.15, 0.2) is 0 Å². The predicted molar refractivity (Wildman–Crippen MR) is 97.7 cm³/mol. The molecule has 0 unspecified atom stereocenters. The molecular weight excluding hydrogens is 344 g/mol. The Hall–Kier alpha value is -0.320. The molecule has 1 N–H and O–H groups in total. The molecule has 0 saturated carbocycles. The van der Waals surface area contributed by atoms with E-state index in [4.69, 9.17) is 38.3 Å². The van der Waals surface area contributed by atoms with Crippen molar-refractivity contribution in [3.63, 3.8) is 0 Å². The molecule has 0 aromatic carbocycles. The van der Waals surface area contributed by atoms with Crippen molar-refractivity contribution in [3.05, 3.63) is 0 Å². The standard InChI is InChI=1S/C18H38O8/c1-18(2)17-26-16-15-25-14-13-24-12-11-23-10-9-22-8-7-21-6-5-20-4-3-19/h18-19H,3-17H2,1-2H3. The molecule has 0 aliphatic heterocycles. The minimum atomic E-state index is 0.0376. The molecule has 0 radical (unpaired) electrons. The zero-order valence-electron chi connectivity index (χ0n) is 16.5. The number of aliphatic hydroxyl groups is 1. The monoisotopic (exact) mass is 382 g/mol. The maximum absolute atomic E-state index is 8.52. The first-order valence-electron chi connectivity index (χ1n) is 9.42. The second kappa shape index (κ2) is 22.7. The number of rotatable bonds is 22. The Morgan fingerprint density at radius 1 is 0.462 bits per heavy atom. The zero-order valence-corrected chi connectivity index (χ0v) is 16.5. The van der Waals surface area contributed by atoms with Gasteiger partial charge in [0, 0.05) is 6.61 Å². The van der Waals surface area contributed by atoms with Crippen LogP contribution in [0.4, 0.5) is 0 Å². The van der Waals surface area contributed by atoms with Gasteiger partial charge in [-0.05, 0) is 5.92 Å². The minimum Gasteiger partial charge on any atom is -0.394 e. The molecule has 0 heterocycles. The first-order chi connectivity index (χ1) is 12.8. The topological polar surface area (TPSA) is 84.8 Å². The Morgan fingerprint density at radius 2 is 0.731 bits per heavy atom. The molecule has 0 saturated heterocycles. The van der Waals surface area contributed by atoms with Gasteiger partial charge in [0.25, 0.3) is 0 Å². The maximum Gasteiger partial charge on any atom is 0.0701 e. The van der Waals surface area contributed by atoms with Gasteiger partial charge in [0.05, 0.1) is 92.5 Å². The van der Waals surface area contributed by atoms with Gasteiger partial charge in [-0.25, -0.2) is 0 Å². The molecule has 0 amide bonds. The zero-order chi connectivity index (χ0) is 19.1. The summed E-state index contributed by atoms with van der Waals surface area (Å²) in [5.41, 5.74) is 0. The van der Waals surface area contributed by atoms with E-state index in [2.05, 4.69) is 13.8 Å². The highest BCUT2D eigenvalue weighted by molar-refractivity contribution is 4.40. The van der Waals surface area contributed by atoms with Crippen molar-refractivity contribution in [1.82, 2.24) is 0 Å². The van der Waals surface area contributed by atoms with Gasteiger partial charge in [0.1, 0.15) is 0 Å². The maximum atomic E-state index is 8.52. The van der Waals surface area contributed by atoms with Crippen LogP contribution in [0.15, 0.2) is 0 Å². The third-order valence-corrected chi connectivity index (χ3v) is 2.92. The van der Waals surface area contributed by atoms with Crippen LogP contribution in [0, 0.1) is 5.92 Å². The van der Waals surface area contributed by atoms with Gasteiger partial charge in [0.2, 0.25) is 0 Å². The Labute approximate surface area is 158 Å². The highest BCUT2D eigenvalue weighted by atomic mass is 16.6. The van der Waals surface area contributed by atoms with Gasteiger partial charge < -0.3 is 38.3 Å². The molecule has 0 aromatic heterocycles. The van der Waals surface area contributed by atoms with E-state index in [9.17, 15) is 0 Å². The lowest BCUT2D eigenvalue weighted by Crippen LogP contribution is -2.15. The van der Waals surface area contributed by atoms with Crippen LogP contribution >= 0.6 is 0 Å². The van der Waals surface area contributed by atoms with Crippen molar-refractivity contribution in [1.29, 1.82) is 0 Å². The first kappa shape index (κ1) is 25.7. The SMILES string of the molecule is CC(C)COCCOCCOCCOCCOCCOCCOCCO. The van der Waals surface area contributed by atoms with E-state index in [-0.39, 0.29) is 6.61 Å². The lowest BCUT2D eigenvalue weighted by atomic mass is 10.2. The van der Waals surface area contributed by atoms with E-state index in [1.807, 2.05) is 0 Å². The molecule has 0 bridgehead atoms. The summed E-state index contributed by atoms with van der Waals surface area (Å²) >= 11 is 0. The van der Waals surface area contributed by atoms with Crippen LogP contribution in [0.3, 0.4) is 0 Å². The van der Waals surface area contributed by atoms with Crippen molar-refractivity contribution >= 4 is 0 Å². The molecule has 158 valence electrons. The first-order valence-corrected chi connectivity index (χ1v) is 9.42. The molecule has 0 spiro atoms. The van der Waals surface area contributed by atoms with E-state index in [1.54, 1.807) is 0 Å². The Kier molecular flexibility index (Phi) is 22.4. The van der Waals surface area contributed by atoms with Gasteiger partial charge in [-0.2, -0.15) is 0 Å². The van der Waals surface area contributed by atoms with Gasteiger partial charge in [-0.15, -0.1) is 0 Å². The lowest BCUT2D eigenvalue weighted by molar-refractivity contribution is -0.0221. The highest BCUT2D eigenvalue weighted by Crippen LogP contribution is 1.92. The summed E-state index contributed by atoms with van der Waals surface area (Å²) in [5.74, 6) is 0.556. The normalized spacial score (nSPS) is 11.5. The van der Waals surface area contributed by atoms with Crippen LogP contribution in [0.5, 0.6) is 0 Å². The average molecular weight is 382 g/mol. The summed E-state index contributed by atoms with van der Waals surface area (Å²) in [5, 5.41) is 8.52. The van der Waals surface area contributed by atoms with Crippen LogP contribution in [-0.4, -0.2) is 104 Å². The van der Waals surface area contributed by atoms with Gasteiger partial charge in [-0.1, -0.05) is 13.8 Å². The van der Waals surface area contributed by atoms with Crippen molar-refractivity contribution in [3.8, 4) is 0 Å². The molecule has 0 aliphatic carbocycles. The molecule has 0 atom stereocenters. The lowest BCUT2D eigenvalue weighted by Gasteiger charge is -2.09. The van der Waals surface area contributed by atoms with Crippen molar-refractivity contribution in [2.24, 2.45) is 5.92 Å². The summed E-state index contributed by atoms with van der Waals surface area (Å²) in [4.78, 5) is 0. The van der Waals surface area contributed by atoms with Crippen LogP contribution in [-0.2, 0) is 33.2 Å². The van der Waals surface area contributed by atoms with Crippen LogP contribution in [0.1, 0.15) is 13.8 Å². The Balaban J connectivity index is 2.97. The van der Waals surface area contributed by atoms with Gasteiger partial charge in [-0.3, -0.25) is 0 Å². The van der Waals surface area contributed by atoms with E-state index in [1.165, 1.54) is 0 Å². The minimum absolute atomic E-state index is 0.0376. The van der Waals surface area contributed by atoms with Gasteiger partial charge >= 0.3 is 0 Å². The third-order valence-electron chi connectivity index (χ3n) is 2.92. The molecule has 0 aliphatic rings. The molecule has 8 heteroatoms. The Bertz CT molecular complexity index is 253. The molecule has 0 aromatic rings. The van der Waals surface area contributed by atoms with Crippen LogP contribution in [0.2, 0.25) is 0 Å². The smallest absolute Gasteiger partial charge is 0.0701 e. The van der Waals surface area contributed by atoms with Crippen LogP contribution in [0.25, 0.3) is 0 Å². The Morgan fingerprint density at radius 3 is 1.00 bits per heavy atom. The molecular formula is C18H38O8. The molecule has 0 rings (SSSR count). The average Bonchev–Trinajstić information content (AvgIpc) is 2.62. The van der Waals surface area contributed by atoms with E-state index >= 15 is 0 Å².